The molecule has 0 fully saturated rings. The summed E-state index contributed by atoms with van der Waals surface area (Å²) in [4.78, 5) is 12.4. The van der Waals surface area contributed by atoms with Crippen LogP contribution in [-0.4, -0.2) is 59.4 Å². The molecule has 1 aromatic carbocycles. The van der Waals surface area contributed by atoms with Crippen LogP contribution in [0.4, 0.5) is 0 Å². The van der Waals surface area contributed by atoms with Crippen molar-refractivity contribution in [2.75, 3.05) is 0 Å². The topological polar surface area (TPSA) is 67.8 Å². The van der Waals surface area contributed by atoms with Gasteiger partial charge in [-0.1, -0.05) is 0 Å². The number of Topliss-reactive ketones (excluding diaryl/α,β-unsaturated/α-hetero) is 1. The van der Waals surface area contributed by atoms with Crippen LogP contribution in [0.3, 0.4) is 0 Å². The minimum atomic E-state index is -1.61. The normalized spacial score (nSPS) is 18.8. The molecule has 1 atom stereocenters. The molecule has 9 heteroatoms. The number of ether oxygens (including phenoxy) is 2. The van der Waals surface area contributed by atoms with Crippen LogP contribution in [0.2, 0.25) is 0 Å². The Morgan fingerprint density at radius 1 is 1.35 bits per heavy atom. The maximum Gasteiger partial charge on any atom is 0.209 e. The number of hydrogen-bond donors (Lipinski definition) is 2. The summed E-state index contributed by atoms with van der Waals surface area (Å²) in [6.07, 6.45) is 0. The number of carbonyl (C=O) groups is 1. The van der Waals surface area contributed by atoms with Crippen LogP contribution in [0.5, 0.6) is 11.5 Å². The zero-order chi connectivity index (χ0) is 15.1. The summed E-state index contributed by atoms with van der Waals surface area (Å²) in [6.45, 7) is 1.45. The third-order valence-corrected chi connectivity index (χ3v) is 2.93. The fraction of sp³-hybridized carbons (Fsp3) is 0.364. The smallest absolute Gasteiger partial charge is 0.209 e. The van der Waals surface area contributed by atoms with E-state index in [0.29, 0.717) is 17.1 Å². The van der Waals surface area contributed by atoms with Gasteiger partial charge in [-0.3, -0.25) is 10.1 Å². The molecule has 0 aliphatic carbocycles. The predicted octanol–water partition coefficient (Wildman–Crippen LogP) is -3.63. The lowest BCUT2D eigenvalue weighted by atomic mass is 9.76. The largest absolute Gasteiger partial charge is 0.467 e. The summed E-state index contributed by atoms with van der Waals surface area (Å²) in [5.41, 5.74) is -1.97. The monoisotopic (exact) mass is 271 g/mol. The third kappa shape index (κ3) is 3.04. The molecule has 2 rings (SSSR count). The van der Waals surface area contributed by atoms with Crippen molar-refractivity contribution in [3.8, 4) is 11.5 Å². The number of hydrogen-bond acceptors (Lipinski definition) is 5. The highest BCUT2D eigenvalue weighted by molar-refractivity contribution is 6.38. The summed E-state index contributed by atoms with van der Waals surface area (Å²) in [6, 6.07) is 4.91. The van der Waals surface area contributed by atoms with Gasteiger partial charge in [0.05, 0.1) is 0 Å². The number of nitrogens with one attached hydrogen (secondary N) is 1. The highest BCUT2D eigenvalue weighted by atomic mass is 16.7. The first-order valence-corrected chi connectivity index (χ1v) is 6.68. The van der Waals surface area contributed by atoms with Crippen LogP contribution in [0, 0.1) is 0 Å². The average molecular weight is 271 g/mol. The van der Waals surface area contributed by atoms with E-state index in [1.54, 1.807) is 33.9 Å². The van der Waals surface area contributed by atoms with Gasteiger partial charge < -0.3 is 14.6 Å². The molecule has 1 aliphatic rings. The van der Waals surface area contributed by atoms with Gasteiger partial charge >= 0.3 is 0 Å². The van der Waals surface area contributed by atoms with Gasteiger partial charge in [0.2, 0.25) is 5.78 Å². The Hall–Kier alpha value is -1.33. The van der Waals surface area contributed by atoms with Crippen LogP contribution < -0.4 is 14.8 Å². The first-order chi connectivity index (χ1) is 9.11. The second kappa shape index (κ2) is 4.90. The zero-order valence-corrected chi connectivity index (χ0v) is 12.5. The molecule has 1 aliphatic heterocycles. The van der Waals surface area contributed by atoms with E-state index >= 15 is 0 Å². The van der Waals surface area contributed by atoms with Crippen LogP contribution >= 0.6 is 0 Å². The second-order valence-electron chi connectivity index (χ2n) is 5.97. The standard InChI is InChI=1S/C11H17B4NO4/c1-10(18,16-9(12)13)8(17)5-2-3-6-7(4-5)20-11(14,15)19-6/h2-4,9,16,18H,12-15H2,1H3/t10-/m0/s1. The van der Waals surface area contributed by atoms with E-state index in [1.807, 2.05) is 15.7 Å². The minimum Gasteiger partial charge on any atom is -0.467 e. The Morgan fingerprint density at radius 3 is 2.55 bits per heavy atom. The maximum atomic E-state index is 12.4. The molecule has 102 valence electrons. The Morgan fingerprint density at radius 2 is 1.95 bits per heavy atom. The predicted molar refractivity (Wildman–Crippen MR) is 86.5 cm³/mol. The number of aliphatic hydroxyl groups is 1. The van der Waals surface area contributed by atoms with Gasteiger partial charge in [-0.15, -0.1) is 0 Å². The highest BCUT2D eigenvalue weighted by Gasteiger charge is 2.35. The molecule has 0 saturated heterocycles. The van der Waals surface area contributed by atoms with Crippen LogP contribution in [0.1, 0.15) is 17.3 Å². The van der Waals surface area contributed by atoms with E-state index in [2.05, 4.69) is 5.32 Å². The van der Waals surface area contributed by atoms with E-state index in [9.17, 15) is 9.90 Å². The van der Waals surface area contributed by atoms with Crippen LogP contribution in [0.25, 0.3) is 0 Å². The van der Waals surface area contributed by atoms with Gasteiger partial charge in [0, 0.05) is 5.56 Å². The van der Waals surface area contributed by atoms with Crippen molar-refractivity contribution >= 4 is 37.2 Å². The van der Waals surface area contributed by atoms with E-state index in [4.69, 9.17) is 9.47 Å². The molecule has 20 heavy (non-hydrogen) atoms. The fourth-order valence-corrected chi connectivity index (χ4v) is 2.27. The van der Waals surface area contributed by atoms with E-state index in [0.717, 1.165) is 0 Å². The molecule has 1 aromatic rings. The molecule has 0 radical (unpaired) electrons. The number of carbonyl (C=O) groups excluding carboxylic acids is 1. The SMILES string of the molecule is BC(B)N[C@@](C)(O)C(=O)c1ccc2c(c1)OC(B)(B)O2. The highest BCUT2D eigenvalue weighted by Crippen LogP contribution is 2.38. The molecule has 0 unspecified atom stereocenters. The van der Waals surface area contributed by atoms with E-state index in [-0.39, 0.29) is 5.84 Å². The van der Waals surface area contributed by atoms with Gasteiger partial charge in [-0.2, -0.15) is 0 Å². The number of fused-ring (bicyclic) bond motifs is 1. The number of ketones is 1. The summed E-state index contributed by atoms with van der Waals surface area (Å²) in [5.74, 6) is 0.702. The lowest BCUT2D eigenvalue weighted by Crippen LogP contribution is -2.54. The number of rotatable bonds is 4. The van der Waals surface area contributed by atoms with Crippen molar-refractivity contribution in [3.05, 3.63) is 23.8 Å². The van der Waals surface area contributed by atoms with Crippen LogP contribution in [-0.2, 0) is 0 Å². The first-order valence-electron chi connectivity index (χ1n) is 6.68. The Labute approximate surface area is 122 Å². The summed E-state index contributed by atoms with van der Waals surface area (Å²) < 4.78 is 11.2. The van der Waals surface area contributed by atoms with Crippen molar-refractivity contribution in [2.24, 2.45) is 0 Å². The maximum absolute atomic E-state index is 12.4. The lowest BCUT2D eigenvalue weighted by Gasteiger charge is -2.26. The van der Waals surface area contributed by atoms with E-state index in [1.165, 1.54) is 6.92 Å². The quantitative estimate of drug-likeness (QED) is 0.336. The molecular weight excluding hydrogens is 253 g/mol. The summed E-state index contributed by atoms with van der Waals surface area (Å²) in [7, 11) is 7.32. The molecule has 0 spiro atoms. The Balaban J connectivity index is 2.26. The molecule has 0 aromatic heterocycles. The molecule has 2 N–H and O–H groups in total. The van der Waals surface area contributed by atoms with Gasteiger partial charge in [-0.25, -0.2) is 0 Å². The second-order valence-corrected chi connectivity index (χ2v) is 5.97. The Bertz CT molecular complexity index is 547. The van der Waals surface area contributed by atoms with Crippen molar-refractivity contribution in [3.63, 3.8) is 0 Å². The molecular formula is C11H17B4NO4. The van der Waals surface area contributed by atoms with Crippen LogP contribution in [0.15, 0.2) is 18.2 Å². The van der Waals surface area contributed by atoms with Crippen molar-refractivity contribution in [2.45, 2.75) is 24.1 Å². The molecule has 0 amide bonds. The van der Waals surface area contributed by atoms with Gasteiger partial charge in [0.1, 0.15) is 15.7 Å². The number of benzene rings is 1. The van der Waals surface area contributed by atoms with Crippen molar-refractivity contribution in [1.82, 2.24) is 5.32 Å². The average Bonchev–Trinajstić information content (AvgIpc) is 2.58. The van der Waals surface area contributed by atoms with E-state index < -0.39 is 17.1 Å². The summed E-state index contributed by atoms with van der Waals surface area (Å²) >= 11 is 0. The van der Waals surface area contributed by atoms with Crippen molar-refractivity contribution in [1.29, 1.82) is 0 Å². The van der Waals surface area contributed by atoms with Gasteiger partial charge in [0.25, 0.3) is 0 Å². The molecule has 0 bridgehead atoms. The fourth-order valence-electron chi connectivity index (χ4n) is 2.27. The summed E-state index contributed by atoms with van der Waals surface area (Å²) in [5, 5.41) is 13.1. The molecule has 5 nitrogen and oxygen atoms in total. The Kier molecular flexibility index (Phi) is 3.69. The van der Waals surface area contributed by atoms with Gasteiger partial charge in [0.15, 0.2) is 38.5 Å². The molecule has 0 saturated carbocycles. The van der Waals surface area contributed by atoms with Crippen molar-refractivity contribution < 1.29 is 19.4 Å². The molecule has 1 heterocycles. The first kappa shape index (κ1) is 15.1. The lowest BCUT2D eigenvalue weighted by molar-refractivity contribution is 0.0246. The zero-order valence-electron chi connectivity index (χ0n) is 12.5. The third-order valence-electron chi connectivity index (χ3n) is 2.93. The minimum absolute atomic E-state index is 0.0121. The van der Waals surface area contributed by atoms with Gasteiger partial charge in [-0.05, 0) is 31.0 Å².